The second-order valence-corrected chi connectivity index (χ2v) is 17.4. The van der Waals surface area contributed by atoms with Crippen LogP contribution in [-0.4, -0.2) is 59.7 Å². The number of amides is 3. The van der Waals surface area contributed by atoms with Gasteiger partial charge in [-0.1, -0.05) is 81.1 Å². The fraction of sp³-hybridized carbons (Fsp3) is 0.383. The summed E-state index contributed by atoms with van der Waals surface area (Å²) in [5.41, 5.74) is 15.8. The zero-order valence-corrected chi connectivity index (χ0v) is 50.3. The van der Waals surface area contributed by atoms with Crippen LogP contribution in [0, 0.1) is 13.8 Å². The van der Waals surface area contributed by atoms with E-state index in [0.717, 1.165) is 50.9 Å². The number of rotatable bonds is 12. The smallest absolute Gasteiger partial charge is 1.00 e. The minimum absolute atomic E-state index is 0. The first-order valence-corrected chi connectivity index (χ1v) is 22.5. The zero-order chi connectivity index (χ0) is 48.1. The van der Waals surface area contributed by atoms with Crippen molar-refractivity contribution >= 4 is 72.9 Å². The first-order valence-electron chi connectivity index (χ1n) is 19.9. The number of ether oxygens (including phenoxy) is 2. The van der Waals surface area contributed by atoms with Gasteiger partial charge in [-0.25, -0.2) is 10.4 Å². The van der Waals surface area contributed by atoms with E-state index in [1.807, 2.05) is 112 Å². The second kappa shape index (κ2) is 33.1. The molecule has 0 aliphatic heterocycles. The molecule has 3 N–H and O–H groups in total. The molecule has 0 fully saturated rings. The van der Waals surface area contributed by atoms with Crippen molar-refractivity contribution in [3.8, 4) is 11.5 Å². The van der Waals surface area contributed by atoms with Gasteiger partial charge in [0.05, 0.1) is 19.8 Å². The molecule has 3 amide bonds. The Labute approximate surface area is 493 Å². The van der Waals surface area contributed by atoms with Gasteiger partial charge in [-0.2, -0.15) is 0 Å². The van der Waals surface area contributed by atoms with Crippen LogP contribution in [0.15, 0.2) is 72.8 Å². The van der Waals surface area contributed by atoms with Crippen molar-refractivity contribution in [3.63, 3.8) is 0 Å². The van der Waals surface area contributed by atoms with Crippen LogP contribution >= 0.6 is 43.5 Å². The van der Waals surface area contributed by atoms with E-state index in [4.69, 9.17) is 31.1 Å². The molecular weight excluding hydrogens is 1040 g/mol. The molecule has 0 aliphatic rings. The van der Waals surface area contributed by atoms with Crippen LogP contribution in [0.3, 0.4) is 0 Å². The topological polar surface area (TPSA) is 175 Å². The number of nitrogens with zero attached hydrogens (tertiary/aromatic N) is 1. The van der Waals surface area contributed by atoms with Crippen molar-refractivity contribution in [1.29, 1.82) is 0 Å². The van der Waals surface area contributed by atoms with E-state index >= 15 is 0 Å². The molecular formula is C47H61Br2ClK2N4O9. The average molecular weight is 1100 g/mol. The fourth-order valence-electron chi connectivity index (χ4n) is 5.91. The van der Waals surface area contributed by atoms with Crippen molar-refractivity contribution in [2.45, 2.75) is 104 Å². The van der Waals surface area contributed by atoms with Gasteiger partial charge in [-0.3, -0.25) is 34.8 Å². The summed E-state index contributed by atoms with van der Waals surface area (Å²) in [5, 5.41) is 10.8. The summed E-state index contributed by atoms with van der Waals surface area (Å²) >= 11 is 12.1. The molecule has 0 saturated carbocycles. The van der Waals surface area contributed by atoms with Crippen LogP contribution in [-0.2, 0) is 33.2 Å². The Morgan fingerprint density at radius 2 is 1.15 bits per heavy atom. The predicted molar refractivity (Wildman–Crippen MR) is 255 cm³/mol. The van der Waals surface area contributed by atoms with E-state index in [1.54, 1.807) is 44.6 Å². The van der Waals surface area contributed by atoms with Crippen LogP contribution < -0.4 is 134 Å². The molecule has 346 valence electrons. The number of methoxy groups -OCH3 is 2. The molecule has 13 nitrogen and oxygen atoms in total. The molecule has 4 rings (SSSR count). The van der Waals surface area contributed by atoms with Crippen molar-refractivity contribution in [2.75, 3.05) is 14.2 Å². The van der Waals surface area contributed by atoms with Crippen LogP contribution in [0.4, 0.5) is 0 Å². The van der Waals surface area contributed by atoms with Crippen LogP contribution in [0.2, 0.25) is 0 Å². The number of nitrogens with one attached hydrogen (secondary N) is 3. The first kappa shape index (κ1) is 65.6. The summed E-state index contributed by atoms with van der Waals surface area (Å²) in [6, 6.07) is 22.1. The van der Waals surface area contributed by atoms with Crippen molar-refractivity contribution in [2.24, 2.45) is 0 Å². The number of halogens is 3. The summed E-state index contributed by atoms with van der Waals surface area (Å²) < 4.78 is 10.7. The van der Waals surface area contributed by atoms with Crippen LogP contribution in [0.1, 0.15) is 132 Å². The third-order valence-corrected chi connectivity index (χ3v) is 10.1. The number of hydrazine groups is 2. The molecule has 18 heteroatoms. The van der Waals surface area contributed by atoms with E-state index < -0.39 is 10.8 Å². The molecule has 0 atom stereocenters. The maximum absolute atomic E-state index is 13.3. The van der Waals surface area contributed by atoms with Gasteiger partial charge in [0.15, 0.2) is 0 Å². The van der Waals surface area contributed by atoms with Crippen molar-refractivity contribution < 1.29 is 148 Å². The summed E-state index contributed by atoms with van der Waals surface area (Å²) in [5.74, 6) is 0.686. The number of aryl methyl sites for hydroxylation is 2. The van der Waals surface area contributed by atoms with Crippen LogP contribution in [0.25, 0.3) is 0 Å². The molecule has 0 aliphatic carbocycles. The molecule has 0 saturated heterocycles. The third-order valence-electron chi connectivity index (χ3n) is 8.64. The largest absolute Gasteiger partial charge is 1.00 e. The molecule has 4 aromatic carbocycles. The summed E-state index contributed by atoms with van der Waals surface area (Å²) in [4.78, 5) is 60.6. The molecule has 0 unspecified atom stereocenters. The Hall–Kier alpha value is -1.53. The van der Waals surface area contributed by atoms with Crippen LogP contribution in [0.5, 0.6) is 11.5 Å². The number of hydrogen-bond donors (Lipinski definition) is 3. The van der Waals surface area contributed by atoms with E-state index in [1.165, 1.54) is 5.01 Å². The standard InChI is InChI=1S/C23H29BrN2O3.C14H22N2O2.C9H8BrClO.CH2O3.2K.H/c1-7-18-19(9-8-10-20(18)29-6)21(27)25-26(23(3,4)5)22(28)17-12-15(2)11-16(13-17)14-24;1-6-10-11(8-7-9-12(10)18-5)13(17)15-16-14(2,3)4;1-6-2-7(5-10)4-8(3-6)9(11)12;2-1-4-3;;;/h8-13H,7,14H2,1-6H3,(H,25,27);7-9,16H,6H2,1-5H3,(H,15,17);2-4H,5H2,1H3;1,3H;;;/q;;;;2*+1;-1/p-1. The molecule has 0 spiro atoms. The molecule has 4 aromatic rings. The van der Waals surface area contributed by atoms with Gasteiger partial charge in [0.25, 0.3) is 29.4 Å². The van der Waals surface area contributed by atoms with E-state index in [2.05, 4.69) is 53.0 Å². The van der Waals surface area contributed by atoms with Gasteiger partial charge in [0.2, 0.25) is 0 Å². The molecule has 0 radical (unpaired) electrons. The average Bonchev–Trinajstić information content (AvgIpc) is 3.25. The normalized spacial score (nSPS) is 10.2. The Bertz CT molecular complexity index is 2170. The van der Waals surface area contributed by atoms with Gasteiger partial charge in [0, 0.05) is 49.6 Å². The Morgan fingerprint density at radius 1 is 0.738 bits per heavy atom. The van der Waals surface area contributed by atoms with E-state index in [-0.39, 0.29) is 134 Å². The monoisotopic (exact) mass is 1100 g/mol. The van der Waals surface area contributed by atoms with Gasteiger partial charge in [-0.05, 0) is 139 Å². The Kier molecular flexibility index (Phi) is 33.4. The van der Waals surface area contributed by atoms with Gasteiger partial charge in [0.1, 0.15) is 11.5 Å². The summed E-state index contributed by atoms with van der Waals surface area (Å²) in [6.45, 7) is 19.3. The fourth-order valence-corrected chi connectivity index (χ4v) is 6.67. The molecule has 0 aromatic heterocycles. The quantitative estimate of drug-likeness (QED) is 0.0478. The van der Waals surface area contributed by atoms with Gasteiger partial charge in [-0.15, -0.1) is 0 Å². The molecule has 0 bridgehead atoms. The summed E-state index contributed by atoms with van der Waals surface area (Å²) in [6.07, 6.45) is 1.39. The second-order valence-electron chi connectivity index (χ2n) is 15.9. The van der Waals surface area contributed by atoms with E-state index in [0.29, 0.717) is 39.8 Å². The maximum atomic E-state index is 13.3. The molecule has 0 heterocycles. The SMILES string of the molecule is CCc1c(OC)cccc1C(=O)NN(C(=O)c1cc(C)cc(CBr)c1)C(C)(C)C.CCc1c(OC)cccc1C(=O)NNC(C)(C)C.Cc1cc(CBr)cc(C(=O)Cl)c1.O=CO[O-].[H-].[K+].[K+]. The van der Waals surface area contributed by atoms with E-state index in [9.17, 15) is 19.2 Å². The molecule has 65 heavy (non-hydrogen) atoms. The predicted octanol–water partition coefficient (Wildman–Crippen LogP) is 3.16. The van der Waals surface area contributed by atoms with Crippen molar-refractivity contribution in [3.05, 3.63) is 128 Å². The van der Waals surface area contributed by atoms with Gasteiger partial charge >= 0.3 is 103 Å². The number of carbonyl (C=O) groups is 5. The first-order chi connectivity index (χ1) is 29.5. The number of alkyl halides is 2. The summed E-state index contributed by atoms with van der Waals surface area (Å²) in [7, 11) is 3.20. The number of carbonyl (C=O) groups excluding carboxylic acids is 5. The third kappa shape index (κ3) is 23.1. The zero-order valence-electron chi connectivity index (χ0n) is 41.1. The minimum Gasteiger partial charge on any atom is -1.00 e. The van der Waals surface area contributed by atoms with Crippen molar-refractivity contribution in [1.82, 2.24) is 21.3 Å². The Balaban J connectivity index is -0.000000918. The maximum Gasteiger partial charge on any atom is 1.00 e. The Morgan fingerprint density at radius 3 is 1.51 bits per heavy atom. The number of benzene rings is 4. The van der Waals surface area contributed by atoms with Gasteiger partial charge < -0.3 is 21.0 Å². The minimum atomic E-state index is -0.615. The number of hydrogen-bond acceptors (Lipinski definition) is 10.